The summed E-state index contributed by atoms with van der Waals surface area (Å²) in [6.45, 7) is 4.21. The van der Waals surface area contributed by atoms with Crippen LogP contribution in [-0.4, -0.2) is 12.3 Å². The molecule has 0 aliphatic rings. The second kappa shape index (κ2) is 8.47. The van der Waals surface area contributed by atoms with Crippen molar-refractivity contribution in [1.29, 1.82) is 0 Å². The summed E-state index contributed by atoms with van der Waals surface area (Å²) in [5.74, 6) is 0.161. The first kappa shape index (κ1) is 11.4. The first-order valence-corrected chi connectivity index (χ1v) is 4.66. The van der Waals surface area contributed by atoms with Gasteiger partial charge in [-0.15, -0.1) is 0 Å². The third-order valence-corrected chi connectivity index (χ3v) is 1.85. The number of nitrogens with two attached hydrogens (primary N) is 1. The molecule has 70 valence electrons. The van der Waals surface area contributed by atoms with Gasteiger partial charge in [0.05, 0.1) is 0 Å². The Kier molecular flexibility index (Phi) is 8.02. The highest BCUT2D eigenvalue weighted by Gasteiger charge is 1.94. The number of hydrogen-bond acceptors (Lipinski definition) is 2. The van der Waals surface area contributed by atoms with E-state index in [1.807, 2.05) is 0 Å². The number of ketones is 1. The zero-order valence-corrected chi connectivity index (χ0v) is 7.72. The molecule has 0 radical (unpaired) electrons. The van der Waals surface area contributed by atoms with Gasteiger partial charge in [0.25, 0.3) is 0 Å². The molecule has 0 saturated carbocycles. The van der Waals surface area contributed by atoms with Crippen molar-refractivity contribution in [2.45, 2.75) is 38.5 Å². The van der Waals surface area contributed by atoms with E-state index in [0.717, 1.165) is 25.8 Å². The van der Waals surface area contributed by atoms with Gasteiger partial charge in [0.1, 0.15) is 0 Å². The van der Waals surface area contributed by atoms with E-state index < -0.39 is 0 Å². The lowest BCUT2D eigenvalue weighted by atomic mass is 10.1. The minimum absolute atomic E-state index is 0.161. The molecule has 0 bridgehead atoms. The number of hydrogen-bond donors (Lipinski definition) is 1. The second-order valence-electron chi connectivity index (χ2n) is 2.98. The van der Waals surface area contributed by atoms with Gasteiger partial charge in [0, 0.05) is 6.42 Å². The van der Waals surface area contributed by atoms with Crippen LogP contribution in [0.4, 0.5) is 0 Å². The van der Waals surface area contributed by atoms with Crippen LogP contribution in [0.1, 0.15) is 38.5 Å². The molecule has 12 heavy (non-hydrogen) atoms. The lowest BCUT2D eigenvalue weighted by Crippen LogP contribution is -1.97. The van der Waals surface area contributed by atoms with Crippen LogP contribution in [0.3, 0.4) is 0 Å². The second-order valence-corrected chi connectivity index (χ2v) is 2.98. The summed E-state index contributed by atoms with van der Waals surface area (Å²) in [5, 5.41) is 0. The molecule has 0 heterocycles. The molecule has 0 unspecified atom stereocenters. The lowest BCUT2D eigenvalue weighted by molar-refractivity contribution is -0.114. The van der Waals surface area contributed by atoms with Crippen LogP contribution in [-0.2, 0) is 4.79 Å². The van der Waals surface area contributed by atoms with Crippen LogP contribution in [0.25, 0.3) is 0 Å². The van der Waals surface area contributed by atoms with Crippen molar-refractivity contribution in [3.8, 4) is 0 Å². The highest BCUT2D eigenvalue weighted by atomic mass is 16.1. The summed E-state index contributed by atoms with van der Waals surface area (Å²) < 4.78 is 0. The Balaban J connectivity index is 3.00. The quantitative estimate of drug-likeness (QED) is 0.446. The molecule has 0 aromatic rings. The summed E-state index contributed by atoms with van der Waals surface area (Å²) in [6, 6.07) is 0. The minimum Gasteiger partial charge on any atom is -0.330 e. The molecular formula is C10H19NO. The van der Waals surface area contributed by atoms with Crippen molar-refractivity contribution < 1.29 is 4.79 Å². The summed E-state index contributed by atoms with van der Waals surface area (Å²) in [6.07, 6.45) is 7.69. The van der Waals surface area contributed by atoms with E-state index in [1.54, 1.807) is 0 Å². The van der Waals surface area contributed by atoms with Crippen LogP contribution in [0, 0.1) is 0 Å². The number of allylic oxidation sites excluding steroid dienone is 1. The van der Waals surface area contributed by atoms with Gasteiger partial charge < -0.3 is 5.73 Å². The van der Waals surface area contributed by atoms with E-state index in [0.29, 0.717) is 6.42 Å². The molecule has 0 spiro atoms. The molecule has 0 aromatic carbocycles. The zero-order chi connectivity index (χ0) is 9.23. The van der Waals surface area contributed by atoms with E-state index in [-0.39, 0.29) is 5.78 Å². The zero-order valence-electron chi connectivity index (χ0n) is 7.72. The molecule has 2 nitrogen and oxygen atoms in total. The first-order valence-electron chi connectivity index (χ1n) is 4.66. The minimum atomic E-state index is 0.161. The molecule has 0 amide bonds. The van der Waals surface area contributed by atoms with E-state index in [2.05, 4.69) is 6.58 Å². The highest BCUT2D eigenvalue weighted by molar-refractivity contribution is 5.88. The summed E-state index contributed by atoms with van der Waals surface area (Å²) in [5.41, 5.74) is 5.35. The fourth-order valence-electron chi connectivity index (χ4n) is 1.08. The van der Waals surface area contributed by atoms with E-state index >= 15 is 0 Å². The van der Waals surface area contributed by atoms with Gasteiger partial charge in [0.15, 0.2) is 5.78 Å². The summed E-state index contributed by atoms with van der Waals surface area (Å²) in [7, 11) is 0. The molecule has 0 atom stereocenters. The molecular weight excluding hydrogens is 150 g/mol. The third kappa shape index (κ3) is 7.48. The van der Waals surface area contributed by atoms with Crippen molar-refractivity contribution in [1.82, 2.24) is 0 Å². The molecule has 0 aromatic heterocycles. The van der Waals surface area contributed by atoms with Crippen molar-refractivity contribution >= 4 is 5.78 Å². The molecule has 0 aliphatic heterocycles. The molecule has 2 N–H and O–H groups in total. The Labute approximate surface area is 74.8 Å². The third-order valence-electron chi connectivity index (χ3n) is 1.85. The van der Waals surface area contributed by atoms with Crippen molar-refractivity contribution in [2.75, 3.05) is 6.54 Å². The lowest BCUT2D eigenvalue weighted by Gasteiger charge is -1.97. The van der Waals surface area contributed by atoms with Gasteiger partial charge in [-0.2, -0.15) is 0 Å². The van der Waals surface area contributed by atoms with Crippen molar-refractivity contribution in [3.05, 3.63) is 12.7 Å². The Morgan fingerprint density at radius 3 is 2.33 bits per heavy atom. The largest absolute Gasteiger partial charge is 0.330 e. The maximum absolute atomic E-state index is 10.8. The fraction of sp³-hybridized carbons (Fsp3) is 0.700. The van der Waals surface area contributed by atoms with Crippen LogP contribution in [0.15, 0.2) is 12.7 Å². The highest BCUT2D eigenvalue weighted by Crippen LogP contribution is 2.05. The number of carbonyl (C=O) groups is 1. The maximum atomic E-state index is 10.8. The van der Waals surface area contributed by atoms with Gasteiger partial charge in [-0.05, 0) is 25.5 Å². The smallest absolute Gasteiger partial charge is 0.155 e. The number of carbonyl (C=O) groups excluding carboxylic acids is 1. The molecule has 2 heteroatoms. The van der Waals surface area contributed by atoms with Crippen LogP contribution < -0.4 is 5.73 Å². The molecule has 0 aliphatic carbocycles. The SMILES string of the molecule is C=CC(=O)CCCCCCCN. The average molecular weight is 169 g/mol. The monoisotopic (exact) mass is 169 g/mol. The van der Waals surface area contributed by atoms with E-state index in [1.165, 1.54) is 18.9 Å². The molecule has 0 rings (SSSR count). The summed E-state index contributed by atoms with van der Waals surface area (Å²) in [4.78, 5) is 10.8. The Hall–Kier alpha value is -0.630. The van der Waals surface area contributed by atoms with E-state index in [4.69, 9.17) is 5.73 Å². The average Bonchev–Trinajstić information content (AvgIpc) is 2.10. The standard InChI is InChI=1S/C10H19NO/c1-2-10(12)8-6-4-3-5-7-9-11/h2H,1,3-9,11H2. The predicted molar refractivity (Wildman–Crippen MR) is 52.0 cm³/mol. The van der Waals surface area contributed by atoms with Gasteiger partial charge in [-0.25, -0.2) is 0 Å². The Bertz CT molecular complexity index is 132. The number of rotatable bonds is 8. The van der Waals surface area contributed by atoms with Gasteiger partial charge in [-0.3, -0.25) is 4.79 Å². The topological polar surface area (TPSA) is 43.1 Å². The van der Waals surface area contributed by atoms with E-state index in [9.17, 15) is 4.79 Å². The van der Waals surface area contributed by atoms with Gasteiger partial charge >= 0.3 is 0 Å². The van der Waals surface area contributed by atoms with Crippen molar-refractivity contribution in [2.24, 2.45) is 5.73 Å². The van der Waals surface area contributed by atoms with Crippen LogP contribution >= 0.6 is 0 Å². The normalized spacial score (nSPS) is 9.75. The Morgan fingerprint density at radius 2 is 1.75 bits per heavy atom. The summed E-state index contributed by atoms with van der Waals surface area (Å²) >= 11 is 0. The number of unbranched alkanes of at least 4 members (excludes halogenated alkanes) is 4. The Morgan fingerprint density at radius 1 is 1.17 bits per heavy atom. The van der Waals surface area contributed by atoms with Crippen molar-refractivity contribution in [3.63, 3.8) is 0 Å². The predicted octanol–water partition coefficient (Wildman–Crippen LogP) is 2.04. The molecule has 0 fully saturated rings. The van der Waals surface area contributed by atoms with Gasteiger partial charge in [0.2, 0.25) is 0 Å². The maximum Gasteiger partial charge on any atom is 0.155 e. The van der Waals surface area contributed by atoms with Crippen LogP contribution in [0.5, 0.6) is 0 Å². The van der Waals surface area contributed by atoms with Gasteiger partial charge in [-0.1, -0.05) is 25.8 Å². The fourth-order valence-corrected chi connectivity index (χ4v) is 1.08. The first-order chi connectivity index (χ1) is 5.81. The molecule has 0 saturated heterocycles. The van der Waals surface area contributed by atoms with Crippen LogP contribution in [0.2, 0.25) is 0 Å².